The number of unbranched alkanes of at least 4 members (excludes halogenated alkanes) is 1. The molecule has 0 amide bonds. The molecule has 1 rings (SSSR count). The van der Waals surface area contributed by atoms with Gasteiger partial charge in [0.15, 0.2) is 0 Å². The zero-order chi connectivity index (χ0) is 12.1. The molecule has 0 fully saturated rings. The lowest BCUT2D eigenvalue weighted by Crippen LogP contribution is -2.02. The number of rotatable bonds is 6. The van der Waals surface area contributed by atoms with Crippen molar-refractivity contribution in [3.8, 4) is 0 Å². The van der Waals surface area contributed by atoms with Crippen molar-refractivity contribution in [2.45, 2.75) is 53.2 Å². The molecule has 3 nitrogen and oxygen atoms in total. The average Bonchev–Trinajstić information content (AvgIpc) is 2.51. The Morgan fingerprint density at radius 3 is 2.62 bits per heavy atom. The largest absolute Gasteiger partial charge is 0.391 e. The first-order valence-electron chi connectivity index (χ1n) is 5.95. The summed E-state index contributed by atoms with van der Waals surface area (Å²) in [5.41, 5.74) is 1.74. The molecule has 0 atom stereocenters. The van der Waals surface area contributed by atoms with Crippen LogP contribution in [0.5, 0.6) is 0 Å². The predicted octanol–water partition coefficient (Wildman–Crippen LogP) is 3.03. The zero-order valence-corrected chi connectivity index (χ0v) is 11.1. The Morgan fingerprint density at radius 2 is 2.12 bits per heavy atom. The van der Waals surface area contributed by atoms with E-state index in [0.29, 0.717) is 11.1 Å². The van der Waals surface area contributed by atoms with Crippen LogP contribution in [0.25, 0.3) is 0 Å². The van der Waals surface area contributed by atoms with E-state index in [-0.39, 0.29) is 6.61 Å². The molecule has 0 aromatic carbocycles. The molecule has 0 unspecified atom stereocenters. The van der Waals surface area contributed by atoms with E-state index in [1.165, 1.54) is 0 Å². The summed E-state index contributed by atoms with van der Waals surface area (Å²) in [4.78, 5) is 0. The van der Waals surface area contributed by atoms with Crippen LogP contribution in [0.2, 0.25) is 5.15 Å². The number of aryl methyl sites for hydroxylation is 1. The summed E-state index contributed by atoms with van der Waals surface area (Å²) < 4.78 is 1.81. The van der Waals surface area contributed by atoms with Crippen molar-refractivity contribution in [1.29, 1.82) is 0 Å². The third kappa shape index (κ3) is 3.22. The van der Waals surface area contributed by atoms with E-state index in [2.05, 4.69) is 25.9 Å². The van der Waals surface area contributed by atoms with Crippen LogP contribution >= 0.6 is 11.6 Å². The van der Waals surface area contributed by atoms with Crippen LogP contribution < -0.4 is 0 Å². The molecule has 0 aliphatic rings. The van der Waals surface area contributed by atoms with Gasteiger partial charge in [0.25, 0.3) is 0 Å². The first kappa shape index (κ1) is 13.5. The topological polar surface area (TPSA) is 38.0 Å². The van der Waals surface area contributed by atoms with Gasteiger partial charge in [-0.3, -0.25) is 4.68 Å². The van der Waals surface area contributed by atoms with E-state index in [9.17, 15) is 5.11 Å². The highest BCUT2D eigenvalue weighted by atomic mass is 35.5. The van der Waals surface area contributed by atoms with E-state index in [1.807, 2.05) is 4.68 Å². The van der Waals surface area contributed by atoms with Gasteiger partial charge in [-0.2, -0.15) is 5.10 Å². The maximum absolute atomic E-state index is 9.31. The number of hydrogen-bond donors (Lipinski definition) is 1. The van der Waals surface area contributed by atoms with Crippen molar-refractivity contribution in [3.05, 3.63) is 16.4 Å². The molecule has 1 aromatic rings. The molecule has 1 aromatic heterocycles. The lowest BCUT2D eigenvalue weighted by atomic mass is 10.1. The second-order valence-electron chi connectivity index (χ2n) is 4.55. The lowest BCUT2D eigenvalue weighted by molar-refractivity contribution is 0.280. The standard InChI is InChI=1S/C12H21ClN2O/c1-4-5-6-15-12(13)10(8-16)11(14-15)7-9(2)3/h9,16H,4-8H2,1-3H3. The van der Waals surface area contributed by atoms with Crippen molar-refractivity contribution in [1.82, 2.24) is 9.78 Å². The smallest absolute Gasteiger partial charge is 0.132 e. The number of aromatic nitrogens is 2. The quantitative estimate of drug-likeness (QED) is 0.835. The fourth-order valence-corrected chi connectivity index (χ4v) is 1.98. The fourth-order valence-electron chi connectivity index (χ4n) is 1.69. The van der Waals surface area contributed by atoms with E-state index in [0.717, 1.165) is 37.1 Å². The minimum absolute atomic E-state index is 0.0208. The highest BCUT2D eigenvalue weighted by molar-refractivity contribution is 6.30. The van der Waals surface area contributed by atoms with Crippen LogP contribution in [0.1, 0.15) is 44.9 Å². The maximum Gasteiger partial charge on any atom is 0.132 e. The van der Waals surface area contributed by atoms with Crippen molar-refractivity contribution >= 4 is 11.6 Å². The summed E-state index contributed by atoms with van der Waals surface area (Å²) in [7, 11) is 0. The van der Waals surface area contributed by atoms with Gasteiger partial charge in [0.05, 0.1) is 12.3 Å². The molecule has 0 bridgehead atoms. The highest BCUT2D eigenvalue weighted by Crippen LogP contribution is 2.22. The van der Waals surface area contributed by atoms with E-state index >= 15 is 0 Å². The average molecular weight is 245 g/mol. The summed E-state index contributed by atoms with van der Waals surface area (Å²) in [6, 6.07) is 0. The SMILES string of the molecule is CCCCn1nc(CC(C)C)c(CO)c1Cl. The molecule has 1 heterocycles. The third-order valence-corrected chi connectivity index (χ3v) is 2.97. The van der Waals surface area contributed by atoms with Gasteiger partial charge < -0.3 is 5.11 Å². The summed E-state index contributed by atoms with van der Waals surface area (Å²) in [5, 5.41) is 14.4. The first-order valence-corrected chi connectivity index (χ1v) is 6.32. The van der Waals surface area contributed by atoms with Crippen molar-refractivity contribution in [2.75, 3.05) is 0 Å². The van der Waals surface area contributed by atoms with Crippen LogP contribution in [-0.4, -0.2) is 14.9 Å². The first-order chi connectivity index (χ1) is 7.60. The maximum atomic E-state index is 9.31. The van der Waals surface area contributed by atoms with E-state index < -0.39 is 0 Å². The van der Waals surface area contributed by atoms with Gasteiger partial charge in [-0.25, -0.2) is 0 Å². The molecule has 92 valence electrons. The highest BCUT2D eigenvalue weighted by Gasteiger charge is 2.15. The molecule has 4 heteroatoms. The molecule has 0 aliphatic heterocycles. The van der Waals surface area contributed by atoms with Gasteiger partial charge in [0.2, 0.25) is 0 Å². The Labute approximate surface area is 102 Å². The van der Waals surface area contributed by atoms with Crippen LogP contribution in [-0.2, 0) is 19.6 Å². The van der Waals surface area contributed by atoms with Crippen molar-refractivity contribution in [2.24, 2.45) is 5.92 Å². The molecule has 0 radical (unpaired) electrons. The predicted molar refractivity (Wildman–Crippen MR) is 66.6 cm³/mol. The van der Waals surface area contributed by atoms with Gasteiger partial charge in [-0.15, -0.1) is 0 Å². The monoisotopic (exact) mass is 244 g/mol. The minimum atomic E-state index is -0.0208. The van der Waals surface area contributed by atoms with E-state index in [1.54, 1.807) is 0 Å². The summed E-state index contributed by atoms with van der Waals surface area (Å²) >= 11 is 6.19. The zero-order valence-electron chi connectivity index (χ0n) is 10.3. The third-order valence-electron chi connectivity index (χ3n) is 2.55. The summed E-state index contributed by atoms with van der Waals surface area (Å²) in [6.45, 7) is 7.23. The lowest BCUT2D eigenvalue weighted by Gasteiger charge is -2.02. The van der Waals surface area contributed by atoms with Gasteiger partial charge >= 0.3 is 0 Å². The number of nitrogens with zero attached hydrogens (tertiary/aromatic N) is 2. The van der Waals surface area contributed by atoms with Gasteiger partial charge in [-0.05, 0) is 18.8 Å². The summed E-state index contributed by atoms with van der Waals surface area (Å²) in [6.07, 6.45) is 3.05. The Bertz CT molecular complexity index is 334. The number of aliphatic hydroxyl groups is 1. The molecule has 0 saturated carbocycles. The molecule has 0 aliphatic carbocycles. The fraction of sp³-hybridized carbons (Fsp3) is 0.750. The van der Waals surface area contributed by atoms with Crippen LogP contribution in [0.3, 0.4) is 0 Å². The molecule has 16 heavy (non-hydrogen) atoms. The van der Waals surface area contributed by atoms with Crippen molar-refractivity contribution < 1.29 is 5.11 Å². The molecular formula is C12H21ClN2O. The van der Waals surface area contributed by atoms with Crippen LogP contribution in [0.15, 0.2) is 0 Å². The summed E-state index contributed by atoms with van der Waals surface area (Å²) in [5.74, 6) is 0.524. The van der Waals surface area contributed by atoms with Gasteiger partial charge in [0.1, 0.15) is 5.15 Å². The Morgan fingerprint density at radius 1 is 1.44 bits per heavy atom. The Balaban J connectivity index is 2.90. The second kappa shape index (κ2) is 6.26. The normalized spacial score (nSPS) is 11.4. The number of aliphatic hydroxyl groups excluding tert-OH is 1. The molecule has 0 spiro atoms. The molecule has 0 saturated heterocycles. The molecule has 1 N–H and O–H groups in total. The molecular weight excluding hydrogens is 224 g/mol. The second-order valence-corrected chi connectivity index (χ2v) is 4.91. The van der Waals surface area contributed by atoms with Gasteiger partial charge in [0, 0.05) is 12.1 Å². The van der Waals surface area contributed by atoms with Gasteiger partial charge in [-0.1, -0.05) is 38.8 Å². The Hall–Kier alpha value is -0.540. The van der Waals surface area contributed by atoms with Crippen LogP contribution in [0, 0.1) is 5.92 Å². The van der Waals surface area contributed by atoms with Crippen LogP contribution in [0.4, 0.5) is 0 Å². The Kier molecular flexibility index (Phi) is 5.29. The number of halogens is 1. The van der Waals surface area contributed by atoms with E-state index in [4.69, 9.17) is 11.6 Å². The number of hydrogen-bond acceptors (Lipinski definition) is 2. The van der Waals surface area contributed by atoms with Crippen molar-refractivity contribution in [3.63, 3.8) is 0 Å². The minimum Gasteiger partial charge on any atom is -0.391 e.